The van der Waals surface area contributed by atoms with Crippen molar-refractivity contribution in [1.29, 1.82) is 0 Å². The highest BCUT2D eigenvalue weighted by molar-refractivity contribution is 8.14. The number of phenolic OH excluding ortho intramolecular Hbond substituents is 2. The summed E-state index contributed by atoms with van der Waals surface area (Å²) in [5.74, 6) is -0.0222. The number of phenols is 2. The number of thioether (sulfide) groups is 1. The number of carbonyl (C=O) groups excluding carboxylic acids is 2. The SMILES string of the molecule is O=C(/C=C/c1cc(O)c2ccoc2c1)SCC(=O)c1ccc(O)cc1. The minimum Gasteiger partial charge on any atom is -0.508 e. The second-order valence-electron chi connectivity index (χ2n) is 5.28. The molecule has 25 heavy (non-hydrogen) atoms. The average molecular weight is 354 g/mol. The van der Waals surface area contributed by atoms with E-state index in [1.54, 1.807) is 18.2 Å². The molecule has 0 unspecified atom stereocenters. The van der Waals surface area contributed by atoms with Crippen molar-refractivity contribution in [3.63, 3.8) is 0 Å². The number of Topliss-reactive ketones (excluding diaryl/α,β-unsaturated/α-hetero) is 1. The maximum absolute atomic E-state index is 12.0. The molecule has 0 radical (unpaired) electrons. The van der Waals surface area contributed by atoms with Gasteiger partial charge in [0.05, 0.1) is 17.4 Å². The van der Waals surface area contributed by atoms with Gasteiger partial charge in [0.25, 0.3) is 0 Å². The molecule has 1 aromatic heterocycles. The zero-order valence-electron chi connectivity index (χ0n) is 13.0. The first-order valence-electron chi connectivity index (χ1n) is 7.40. The molecule has 0 aliphatic carbocycles. The lowest BCUT2D eigenvalue weighted by molar-refractivity contribution is -0.107. The highest BCUT2D eigenvalue weighted by atomic mass is 32.2. The number of furan rings is 1. The van der Waals surface area contributed by atoms with Crippen LogP contribution in [0, 0.1) is 0 Å². The van der Waals surface area contributed by atoms with E-state index in [9.17, 15) is 19.8 Å². The minimum atomic E-state index is -0.272. The summed E-state index contributed by atoms with van der Waals surface area (Å²) < 4.78 is 5.24. The quantitative estimate of drug-likeness (QED) is 0.532. The Labute approximate surface area is 147 Å². The third-order valence-corrected chi connectivity index (χ3v) is 4.35. The smallest absolute Gasteiger partial charge is 0.212 e. The molecule has 126 valence electrons. The fraction of sp³-hybridized carbons (Fsp3) is 0.0526. The molecule has 0 bridgehead atoms. The number of fused-ring (bicyclic) bond motifs is 1. The van der Waals surface area contributed by atoms with Crippen molar-refractivity contribution in [2.75, 3.05) is 5.75 Å². The second kappa shape index (κ2) is 7.27. The van der Waals surface area contributed by atoms with Crippen LogP contribution in [-0.2, 0) is 4.79 Å². The summed E-state index contributed by atoms with van der Waals surface area (Å²) in [6, 6.07) is 10.8. The van der Waals surface area contributed by atoms with Gasteiger partial charge in [-0.25, -0.2) is 0 Å². The van der Waals surface area contributed by atoms with Crippen molar-refractivity contribution < 1.29 is 24.2 Å². The van der Waals surface area contributed by atoms with E-state index in [2.05, 4.69) is 0 Å². The molecule has 3 rings (SSSR count). The van der Waals surface area contributed by atoms with E-state index >= 15 is 0 Å². The van der Waals surface area contributed by atoms with Crippen molar-refractivity contribution in [1.82, 2.24) is 0 Å². The second-order valence-corrected chi connectivity index (χ2v) is 6.26. The highest BCUT2D eigenvalue weighted by Gasteiger charge is 2.09. The minimum absolute atomic E-state index is 0.0103. The van der Waals surface area contributed by atoms with Gasteiger partial charge < -0.3 is 14.6 Å². The van der Waals surface area contributed by atoms with E-state index < -0.39 is 0 Å². The van der Waals surface area contributed by atoms with Crippen LogP contribution < -0.4 is 0 Å². The molecule has 6 heteroatoms. The number of hydrogen-bond acceptors (Lipinski definition) is 6. The summed E-state index contributed by atoms with van der Waals surface area (Å²) >= 11 is 0.889. The van der Waals surface area contributed by atoms with Crippen LogP contribution in [0.5, 0.6) is 11.5 Å². The van der Waals surface area contributed by atoms with E-state index in [4.69, 9.17) is 4.42 Å². The molecule has 2 aromatic carbocycles. The molecule has 0 saturated heterocycles. The van der Waals surface area contributed by atoms with Crippen LogP contribution >= 0.6 is 11.8 Å². The van der Waals surface area contributed by atoms with Gasteiger partial charge in [-0.15, -0.1) is 0 Å². The van der Waals surface area contributed by atoms with Crippen LogP contribution in [0.4, 0.5) is 0 Å². The van der Waals surface area contributed by atoms with Crippen LogP contribution in [0.25, 0.3) is 17.0 Å². The number of hydrogen-bond donors (Lipinski definition) is 2. The summed E-state index contributed by atoms with van der Waals surface area (Å²) in [7, 11) is 0. The summed E-state index contributed by atoms with van der Waals surface area (Å²) in [4.78, 5) is 23.9. The van der Waals surface area contributed by atoms with Gasteiger partial charge in [-0.3, -0.25) is 9.59 Å². The highest BCUT2D eigenvalue weighted by Crippen LogP contribution is 2.28. The predicted molar refractivity (Wildman–Crippen MR) is 96.8 cm³/mol. The Kier molecular flexibility index (Phi) is 4.90. The fourth-order valence-electron chi connectivity index (χ4n) is 2.25. The van der Waals surface area contributed by atoms with Crippen molar-refractivity contribution in [2.45, 2.75) is 0 Å². The monoisotopic (exact) mass is 354 g/mol. The third kappa shape index (κ3) is 4.10. The molecule has 0 fully saturated rings. The van der Waals surface area contributed by atoms with Gasteiger partial charge in [-0.05, 0) is 54.1 Å². The number of carbonyl (C=O) groups is 2. The van der Waals surface area contributed by atoms with Gasteiger partial charge >= 0.3 is 0 Å². The van der Waals surface area contributed by atoms with E-state index in [1.807, 2.05) is 0 Å². The normalized spacial score (nSPS) is 11.2. The molecule has 0 aliphatic rings. The van der Waals surface area contributed by atoms with Crippen molar-refractivity contribution in [3.8, 4) is 11.5 Å². The molecule has 5 nitrogen and oxygen atoms in total. The summed E-state index contributed by atoms with van der Waals surface area (Å²) in [5.41, 5.74) is 1.59. The van der Waals surface area contributed by atoms with Gasteiger partial charge in [-0.2, -0.15) is 0 Å². The van der Waals surface area contributed by atoms with Crippen molar-refractivity contribution >= 4 is 39.7 Å². The molecule has 0 saturated carbocycles. The Hall–Kier alpha value is -2.99. The van der Waals surface area contributed by atoms with Crippen LogP contribution in [0.1, 0.15) is 15.9 Å². The summed E-state index contributed by atoms with van der Waals surface area (Å²) in [6.45, 7) is 0. The lowest BCUT2D eigenvalue weighted by atomic mass is 10.1. The van der Waals surface area contributed by atoms with Crippen molar-refractivity contribution in [3.05, 3.63) is 65.9 Å². The average Bonchev–Trinajstić information content (AvgIpc) is 3.07. The number of rotatable bonds is 5. The zero-order chi connectivity index (χ0) is 17.8. The summed E-state index contributed by atoms with van der Waals surface area (Å²) in [6.07, 6.45) is 4.38. The predicted octanol–water partition coefficient (Wildman–Crippen LogP) is 4.00. The first kappa shape index (κ1) is 16.9. The maximum Gasteiger partial charge on any atom is 0.212 e. The lowest BCUT2D eigenvalue weighted by Crippen LogP contribution is -2.03. The van der Waals surface area contributed by atoms with Gasteiger partial charge in [0.2, 0.25) is 5.12 Å². The molecule has 1 heterocycles. The van der Waals surface area contributed by atoms with Gasteiger partial charge in [-0.1, -0.05) is 17.8 Å². The first-order valence-corrected chi connectivity index (χ1v) is 8.39. The molecule has 0 atom stereocenters. The summed E-state index contributed by atoms with van der Waals surface area (Å²) in [5, 5.41) is 19.4. The molecule has 2 N–H and O–H groups in total. The van der Waals surface area contributed by atoms with E-state index in [0.29, 0.717) is 22.1 Å². The van der Waals surface area contributed by atoms with Crippen LogP contribution in [0.2, 0.25) is 0 Å². The largest absolute Gasteiger partial charge is 0.508 e. The molecule has 0 amide bonds. The topological polar surface area (TPSA) is 87.7 Å². The Balaban J connectivity index is 1.60. The molecule has 0 spiro atoms. The van der Waals surface area contributed by atoms with Gasteiger partial charge in [0, 0.05) is 5.56 Å². The number of benzene rings is 2. The van der Waals surface area contributed by atoms with Crippen LogP contribution in [0.3, 0.4) is 0 Å². The van der Waals surface area contributed by atoms with Crippen molar-refractivity contribution in [2.24, 2.45) is 0 Å². The van der Waals surface area contributed by atoms with E-state index in [0.717, 1.165) is 11.8 Å². The van der Waals surface area contributed by atoms with E-state index in [1.165, 1.54) is 42.7 Å². The molecular formula is C19H14O5S. The molecular weight excluding hydrogens is 340 g/mol. The van der Waals surface area contributed by atoms with Gasteiger partial charge in [0.15, 0.2) is 5.78 Å². The molecule has 0 aliphatic heterocycles. The number of ketones is 1. The Morgan fingerprint density at radius 1 is 1.08 bits per heavy atom. The first-order chi connectivity index (χ1) is 12.0. The fourth-order valence-corrected chi connectivity index (χ4v) is 2.85. The Morgan fingerprint density at radius 2 is 1.84 bits per heavy atom. The molecule has 3 aromatic rings. The number of aromatic hydroxyl groups is 2. The van der Waals surface area contributed by atoms with Gasteiger partial charge in [0.1, 0.15) is 17.1 Å². The zero-order valence-corrected chi connectivity index (χ0v) is 13.8. The van der Waals surface area contributed by atoms with Crippen LogP contribution in [0.15, 0.2) is 59.2 Å². The lowest BCUT2D eigenvalue weighted by Gasteiger charge is -2.00. The maximum atomic E-state index is 12.0. The third-order valence-electron chi connectivity index (χ3n) is 3.52. The standard InChI is InChI=1S/C19H14O5S/c20-14-4-2-13(3-5-14)17(22)11-25-19(23)6-1-12-9-16(21)15-7-8-24-18(15)10-12/h1-10,20-21H,11H2/b6-1+. The Morgan fingerprint density at radius 3 is 2.60 bits per heavy atom. The van der Waals surface area contributed by atoms with Crippen LogP contribution in [-0.4, -0.2) is 26.9 Å². The van der Waals surface area contributed by atoms with E-state index in [-0.39, 0.29) is 28.2 Å². The Bertz CT molecular complexity index is 954.